The fourth-order valence-electron chi connectivity index (χ4n) is 3.56. The van der Waals surface area contributed by atoms with Crippen LogP contribution < -0.4 is 10.1 Å². The molecule has 4 nitrogen and oxygen atoms in total. The Morgan fingerprint density at radius 1 is 0.733 bits per heavy atom. The number of benzene rings is 3. The van der Waals surface area contributed by atoms with Gasteiger partial charge in [-0.3, -0.25) is 9.59 Å². The summed E-state index contributed by atoms with van der Waals surface area (Å²) in [6.45, 7) is 0. The fourth-order valence-corrected chi connectivity index (χ4v) is 4.59. The number of Topliss-reactive ketones (excluding diaryl/α,β-unsaturated/α-hetero) is 2. The molecule has 3 aromatic carbocycles. The van der Waals surface area contributed by atoms with Crippen molar-refractivity contribution in [2.24, 2.45) is 0 Å². The van der Waals surface area contributed by atoms with E-state index in [0.29, 0.717) is 17.0 Å². The molecule has 0 radical (unpaired) electrons. The van der Waals surface area contributed by atoms with E-state index < -0.39 is 17.1 Å². The van der Waals surface area contributed by atoms with Crippen molar-refractivity contribution < 1.29 is 14.3 Å². The molecule has 0 bridgehead atoms. The molecule has 30 heavy (non-hydrogen) atoms. The lowest BCUT2D eigenvalue weighted by Gasteiger charge is -2.29. The predicted molar refractivity (Wildman–Crippen MR) is 120 cm³/mol. The Labute approximate surface area is 192 Å². The number of carbonyl (C=O) groups is 2. The number of hydrogen-bond donors (Lipinski definition) is 1. The number of anilines is 1. The van der Waals surface area contributed by atoms with E-state index in [1.165, 1.54) is 0 Å². The van der Waals surface area contributed by atoms with Gasteiger partial charge in [0.05, 0.1) is 38.3 Å². The number of ketones is 2. The van der Waals surface area contributed by atoms with Crippen LogP contribution in [0.2, 0.25) is 20.1 Å². The summed E-state index contributed by atoms with van der Waals surface area (Å²) in [6.07, 6.45) is 0. The van der Waals surface area contributed by atoms with Crippen LogP contribution in [-0.4, -0.2) is 18.7 Å². The fraction of sp³-hybridized carbons (Fsp3) is 0.0909. The molecule has 0 saturated carbocycles. The average molecular weight is 481 g/mol. The maximum Gasteiger partial charge on any atom is 0.203 e. The van der Waals surface area contributed by atoms with Gasteiger partial charge in [-0.15, -0.1) is 0 Å². The largest absolute Gasteiger partial charge is 0.497 e. The number of nitrogens with one attached hydrogen (secondary N) is 1. The third-order valence-electron chi connectivity index (χ3n) is 5.03. The number of halogens is 4. The van der Waals surface area contributed by atoms with E-state index in [4.69, 9.17) is 51.1 Å². The molecule has 0 heterocycles. The first-order valence-electron chi connectivity index (χ1n) is 8.76. The minimum absolute atomic E-state index is 0.0501. The molecule has 1 aliphatic rings. The molecular weight excluding hydrogens is 468 g/mol. The summed E-state index contributed by atoms with van der Waals surface area (Å²) in [6, 6.07) is 15.5. The van der Waals surface area contributed by atoms with Gasteiger partial charge in [-0.2, -0.15) is 0 Å². The topological polar surface area (TPSA) is 55.4 Å². The SMILES string of the molecule is COc1ccc(NC2(c3ccccc3)C(=O)c3c(Cl)c(Cl)c(Cl)c(Cl)c3C2=O)cc1. The van der Waals surface area contributed by atoms with Crippen LogP contribution in [0.15, 0.2) is 54.6 Å². The van der Waals surface area contributed by atoms with Gasteiger partial charge >= 0.3 is 0 Å². The molecule has 0 aliphatic heterocycles. The van der Waals surface area contributed by atoms with Gasteiger partial charge in [0.25, 0.3) is 0 Å². The van der Waals surface area contributed by atoms with Gasteiger partial charge < -0.3 is 10.1 Å². The van der Waals surface area contributed by atoms with Crippen LogP contribution in [-0.2, 0) is 5.54 Å². The van der Waals surface area contributed by atoms with Crippen LogP contribution in [0.5, 0.6) is 5.75 Å². The van der Waals surface area contributed by atoms with Gasteiger partial charge in [0, 0.05) is 5.69 Å². The summed E-state index contributed by atoms with van der Waals surface area (Å²) in [7, 11) is 1.55. The molecule has 4 rings (SSSR count). The van der Waals surface area contributed by atoms with E-state index in [0.717, 1.165) is 0 Å². The number of carbonyl (C=O) groups excluding carboxylic acids is 2. The number of methoxy groups -OCH3 is 1. The highest BCUT2D eigenvalue weighted by molar-refractivity contribution is 6.56. The smallest absolute Gasteiger partial charge is 0.203 e. The number of fused-ring (bicyclic) bond motifs is 1. The minimum atomic E-state index is -1.78. The monoisotopic (exact) mass is 479 g/mol. The summed E-state index contributed by atoms with van der Waals surface area (Å²) >= 11 is 25.0. The first-order chi connectivity index (χ1) is 14.3. The quantitative estimate of drug-likeness (QED) is 0.256. The Hall–Kier alpha value is -2.24. The van der Waals surface area contributed by atoms with Crippen molar-refractivity contribution in [3.05, 3.63) is 91.4 Å². The highest BCUT2D eigenvalue weighted by atomic mass is 35.5. The summed E-state index contributed by atoms with van der Waals surface area (Å²) in [5, 5.41) is 2.75. The zero-order valence-corrected chi connectivity index (χ0v) is 18.5. The summed E-state index contributed by atoms with van der Waals surface area (Å²) in [5.74, 6) is -0.490. The molecule has 152 valence electrons. The van der Waals surface area contributed by atoms with Crippen LogP contribution in [0.1, 0.15) is 26.3 Å². The Bertz CT molecular complexity index is 1130. The van der Waals surface area contributed by atoms with Crippen LogP contribution in [0.25, 0.3) is 0 Å². The zero-order chi connectivity index (χ0) is 21.6. The van der Waals surface area contributed by atoms with Crippen LogP contribution >= 0.6 is 46.4 Å². The van der Waals surface area contributed by atoms with Gasteiger partial charge in [-0.1, -0.05) is 76.7 Å². The molecule has 0 aromatic heterocycles. The summed E-state index contributed by atoms with van der Waals surface area (Å²) in [5.41, 5.74) is -0.915. The van der Waals surface area contributed by atoms with E-state index in [1.54, 1.807) is 61.7 Å². The Balaban J connectivity index is 1.97. The van der Waals surface area contributed by atoms with Crippen molar-refractivity contribution >= 4 is 63.7 Å². The Kier molecular flexibility index (Phi) is 5.45. The molecule has 1 aliphatic carbocycles. The van der Waals surface area contributed by atoms with E-state index in [2.05, 4.69) is 5.32 Å². The van der Waals surface area contributed by atoms with E-state index in [-0.39, 0.29) is 31.2 Å². The number of rotatable bonds is 4. The van der Waals surface area contributed by atoms with Gasteiger partial charge in [-0.25, -0.2) is 0 Å². The molecule has 0 spiro atoms. The standard InChI is InChI=1S/C22H13Cl4NO3/c1-30-13-9-7-12(8-10-13)27-22(11-5-3-2-4-6-11)20(28)14-15(21(22)29)17(24)19(26)18(25)16(14)23/h2-10,27H,1H3. The van der Waals surface area contributed by atoms with Crippen LogP contribution in [0, 0.1) is 0 Å². The zero-order valence-electron chi connectivity index (χ0n) is 15.4. The van der Waals surface area contributed by atoms with Crippen molar-refractivity contribution in [3.63, 3.8) is 0 Å². The highest BCUT2D eigenvalue weighted by Gasteiger charge is 2.57. The van der Waals surface area contributed by atoms with E-state index >= 15 is 0 Å². The molecule has 0 atom stereocenters. The highest BCUT2D eigenvalue weighted by Crippen LogP contribution is 2.50. The lowest BCUT2D eigenvalue weighted by atomic mass is 9.84. The summed E-state index contributed by atoms with van der Waals surface area (Å²) < 4.78 is 5.17. The molecule has 3 aromatic rings. The molecule has 1 N–H and O–H groups in total. The van der Waals surface area contributed by atoms with Gasteiger partial charge in [0.2, 0.25) is 11.6 Å². The molecular formula is C22H13Cl4NO3. The second kappa shape index (κ2) is 7.78. The summed E-state index contributed by atoms with van der Waals surface area (Å²) in [4.78, 5) is 27.5. The molecule has 0 amide bonds. The lowest BCUT2D eigenvalue weighted by molar-refractivity contribution is 0.0819. The van der Waals surface area contributed by atoms with Gasteiger partial charge in [-0.05, 0) is 29.8 Å². The third-order valence-corrected chi connectivity index (χ3v) is 6.83. The Morgan fingerprint density at radius 2 is 1.23 bits per heavy atom. The third kappa shape index (κ3) is 2.98. The Morgan fingerprint density at radius 3 is 1.70 bits per heavy atom. The van der Waals surface area contributed by atoms with Crippen molar-refractivity contribution in [3.8, 4) is 5.75 Å². The first kappa shape index (κ1) is 21.0. The van der Waals surface area contributed by atoms with Gasteiger partial charge in [0.15, 0.2) is 5.54 Å². The second-order valence-corrected chi connectivity index (χ2v) is 8.15. The van der Waals surface area contributed by atoms with Crippen molar-refractivity contribution in [1.82, 2.24) is 0 Å². The number of hydrogen-bond acceptors (Lipinski definition) is 4. The van der Waals surface area contributed by atoms with Crippen molar-refractivity contribution in [2.45, 2.75) is 5.54 Å². The normalized spacial score (nSPS) is 14.6. The predicted octanol–water partition coefficient (Wildman–Crippen LogP) is 6.70. The second-order valence-electron chi connectivity index (χ2n) is 6.63. The van der Waals surface area contributed by atoms with E-state index in [1.807, 2.05) is 0 Å². The van der Waals surface area contributed by atoms with Crippen LogP contribution in [0.3, 0.4) is 0 Å². The van der Waals surface area contributed by atoms with Crippen molar-refractivity contribution in [2.75, 3.05) is 12.4 Å². The maximum atomic E-state index is 13.7. The van der Waals surface area contributed by atoms with Crippen LogP contribution in [0.4, 0.5) is 5.69 Å². The lowest BCUT2D eigenvalue weighted by Crippen LogP contribution is -2.46. The maximum absolute atomic E-state index is 13.7. The molecule has 0 fully saturated rings. The van der Waals surface area contributed by atoms with Gasteiger partial charge in [0.1, 0.15) is 5.75 Å². The van der Waals surface area contributed by atoms with Crippen molar-refractivity contribution in [1.29, 1.82) is 0 Å². The number of ether oxygens (including phenoxy) is 1. The molecule has 0 unspecified atom stereocenters. The average Bonchev–Trinajstić information content (AvgIpc) is 3.00. The van der Waals surface area contributed by atoms with E-state index in [9.17, 15) is 9.59 Å². The molecule has 0 saturated heterocycles. The first-order valence-corrected chi connectivity index (χ1v) is 10.3. The molecule has 8 heteroatoms. The minimum Gasteiger partial charge on any atom is -0.497 e.